The molecule has 25 heavy (non-hydrogen) atoms. The number of ether oxygens (including phenoxy) is 1. The van der Waals surface area contributed by atoms with Gasteiger partial charge in [0, 0.05) is 6.54 Å². The number of carbonyl (C=O) groups excluding carboxylic acids is 1. The Labute approximate surface area is 149 Å². The number of anilines is 1. The fourth-order valence-electron chi connectivity index (χ4n) is 2.95. The van der Waals surface area contributed by atoms with Crippen LogP contribution in [0.2, 0.25) is 0 Å². The first-order valence-electron chi connectivity index (χ1n) is 8.42. The summed E-state index contributed by atoms with van der Waals surface area (Å²) in [5.74, 6) is 0.311. The molecule has 0 fully saturated rings. The number of amides is 1. The van der Waals surface area contributed by atoms with E-state index in [1.165, 1.54) is 12.0 Å². The summed E-state index contributed by atoms with van der Waals surface area (Å²) in [6.45, 7) is 2.07. The number of hydrogen-bond donors (Lipinski definition) is 1. The third-order valence-electron chi connectivity index (χ3n) is 4.29. The zero-order chi connectivity index (χ0) is 18.4. The molecule has 0 aromatic heterocycles. The van der Waals surface area contributed by atoms with Crippen molar-refractivity contribution in [2.45, 2.75) is 38.6 Å². The molecule has 0 saturated heterocycles. The lowest BCUT2D eigenvalue weighted by Gasteiger charge is -2.28. The fraction of sp³-hybridized carbons (Fsp3) is 0.500. The quantitative estimate of drug-likeness (QED) is 0.752. The molecule has 0 unspecified atom stereocenters. The summed E-state index contributed by atoms with van der Waals surface area (Å²) in [5, 5.41) is 2.86. The molecule has 138 valence electrons. The Morgan fingerprint density at radius 3 is 2.48 bits per heavy atom. The molecule has 1 aliphatic carbocycles. The molecule has 6 nitrogen and oxygen atoms in total. The standard InChI is InChI=1S/C18H26N2O4S/c1-14(18(21)19-13-15-7-5-4-6-8-15)20(25(3,22)23)16-9-11-17(24-2)12-10-16/h7,9-12,14H,4-6,8,13H2,1-3H3,(H,19,21)/t14-/m0/s1. The van der Waals surface area contributed by atoms with Gasteiger partial charge in [-0.25, -0.2) is 8.42 Å². The molecule has 0 aliphatic heterocycles. The lowest BCUT2D eigenvalue weighted by molar-refractivity contribution is -0.121. The van der Waals surface area contributed by atoms with Crippen LogP contribution < -0.4 is 14.4 Å². The van der Waals surface area contributed by atoms with Crippen LogP contribution >= 0.6 is 0 Å². The number of nitrogens with zero attached hydrogens (tertiary/aromatic N) is 1. The average Bonchev–Trinajstić information content (AvgIpc) is 2.60. The second-order valence-electron chi connectivity index (χ2n) is 6.26. The van der Waals surface area contributed by atoms with E-state index in [1.807, 2.05) is 0 Å². The molecule has 1 aromatic rings. The molecule has 1 aromatic carbocycles. The molecule has 0 heterocycles. The van der Waals surface area contributed by atoms with Crippen LogP contribution in [0.5, 0.6) is 5.75 Å². The molecule has 0 bridgehead atoms. The van der Waals surface area contributed by atoms with E-state index < -0.39 is 16.1 Å². The van der Waals surface area contributed by atoms with E-state index in [9.17, 15) is 13.2 Å². The number of hydrogen-bond acceptors (Lipinski definition) is 4. The summed E-state index contributed by atoms with van der Waals surface area (Å²) in [4.78, 5) is 12.5. The van der Waals surface area contributed by atoms with Crippen LogP contribution in [0, 0.1) is 0 Å². The van der Waals surface area contributed by atoms with Crippen LogP contribution in [-0.2, 0) is 14.8 Å². The number of allylic oxidation sites excluding steroid dienone is 1. The number of sulfonamides is 1. The van der Waals surface area contributed by atoms with Crippen molar-refractivity contribution in [3.05, 3.63) is 35.9 Å². The van der Waals surface area contributed by atoms with Crippen LogP contribution in [0.25, 0.3) is 0 Å². The van der Waals surface area contributed by atoms with Crippen LogP contribution in [0.4, 0.5) is 5.69 Å². The van der Waals surface area contributed by atoms with Crippen molar-refractivity contribution >= 4 is 21.6 Å². The summed E-state index contributed by atoms with van der Waals surface area (Å²) in [5.41, 5.74) is 1.64. The van der Waals surface area contributed by atoms with Gasteiger partial charge in [0.05, 0.1) is 19.1 Å². The molecule has 1 amide bonds. The minimum absolute atomic E-state index is 0.312. The smallest absolute Gasteiger partial charge is 0.243 e. The lowest BCUT2D eigenvalue weighted by Crippen LogP contribution is -2.48. The minimum Gasteiger partial charge on any atom is -0.497 e. The minimum atomic E-state index is -3.61. The van der Waals surface area contributed by atoms with Crippen molar-refractivity contribution in [2.75, 3.05) is 24.2 Å². The summed E-state index contributed by atoms with van der Waals surface area (Å²) >= 11 is 0. The maximum atomic E-state index is 12.5. The number of benzene rings is 1. The lowest BCUT2D eigenvalue weighted by atomic mass is 10.00. The van der Waals surface area contributed by atoms with Gasteiger partial charge in [-0.05, 0) is 56.9 Å². The van der Waals surface area contributed by atoms with E-state index in [0.717, 1.165) is 29.8 Å². The topological polar surface area (TPSA) is 75.7 Å². The first-order chi connectivity index (χ1) is 11.8. The molecule has 0 radical (unpaired) electrons. The summed E-state index contributed by atoms with van der Waals surface area (Å²) < 4.78 is 30.7. The van der Waals surface area contributed by atoms with Gasteiger partial charge in [-0.3, -0.25) is 9.10 Å². The second-order valence-corrected chi connectivity index (χ2v) is 8.12. The Kier molecular flexibility index (Phi) is 6.47. The van der Waals surface area contributed by atoms with E-state index in [0.29, 0.717) is 18.0 Å². The van der Waals surface area contributed by atoms with Crippen LogP contribution in [0.3, 0.4) is 0 Å². The number of rotatable bonds is 7. The number of carbonyl (C=O) groups is 1. The number of nitrogens with one attached hydrogen (secondary N) is 1. The maximum absolute atomic E-state index is 12.5. The van der Waals surface area contributed by atoms with Crippen molar-refractivity contribution in [1.29, 1.82) is 0 Å². The molecule has 2 rings (SSSR count). The molecule has 1 N–H and O–H groups in total. The van der Waals surface area contributed by atoms with E-state index in [-0.39, 0.29) is 5.91 Å². The average molecular weight is 366 g/mol. The third-order valence-corrected chi connectivity index (χ3v) is 5.53. The molecule has 1 aliphatic rings. The summed E-state index contributed by atoms with van der Waals surface area (Å²) in [6, 6.07) is 5.77. The zero-order valence-corrected chi connectivity index (χ0v) is 15.8. The highest BCUT2D eigenvalue weighted by atomic mass is 32.2. The van der Waals surface area contributed by atoms with Gasteiger partial charge in [0.25, 0.3) is 0 Å². The Morgan fingerprint density at radius 2 is 1.96 bits per heavy atom. The molecule has 1 atom stereocenters. The van der Waals surface area contributed by atoms with Crippen molar-refractivity contribution < 1.29 is 17.9 Å². The first-order valence-corrected chi connectivity index (χ1v) is 10.3. The predicted octanol–water partition coefficient (Wildman–Crippen LogP) is 2.47. The van der Waals surface area contributed by atoms with Gasteiger partial charge in [-0.2, -0.15) is 0 Å². The van der Waals surface area contributed by atoms with Crippen molar-refractivity contribution in [1.82, 2.24) is 5.32 Å². The van der Waals surface area contributed by atoms with E-state index in [2.05, 4.69) is 11.4 Å². The van der Waals surface area contributed by atoms with Crippen molar-refractivity contribution in [2.24, 2.45) is 0 Å². The predicted molar refractivity (Wildman–Crippen MR) is 99.3 cm³/mol. The Hall–Kier alpha value is -2.02. The normalized spacial score (nSPS) is 15.9. The van der Waals surface area contributed by atoms with Gasteiger partial charge >= 0.3 is 0 Å². The third kappa shape index (κ3) is 5.22. The Morgan fingerprint density at radius 1 is 1.28 bits per heavy atom. The molecule has 7 heteroatoms. The molecule has 0 saturated carbocycles. The van der Waals surface area contributed by atoms with Crippen LogP contribution in [-0.4, -0.2) is 40.3 Å². The van der Waals surface area contributed by atoms with E-state index >= 15 is 0 Å². The van der Waals surface area contributed by atoms with E-state index in [4.69, 9.17) is 4.74 Å². The SMILES string of the molecule is COc1ccc(N([C@@H](C)C(=O)NCC2=CCCCC2)S(C)(=O)=O)cc1. The molecular weight excluding hydrogens is 340 g/mol. The molecule has 0 spiro atoms. The zero-order valence-electron chi connectivity index (χ0n) is 15.0. The van der Waals surface area contributed by atoms with Crippen LogP contribution in [0.15, 0.2) is 35.9 Å². The summed E-state index contributed by atoms with van der Waals surface area (Å²) in [7, 11) is -2.07. The first kappa shape index (κ1) is 19.3. The van der Waals surface area contributed by atoms with Gasteiger partial charge in [0.2, 0.25) is 15.9 Å². The highest BCUT2D eigenvalue weighted by Gasteiger charge is 2.29. The fourth-order valence-corrected chi connectivity index (χ4v) is 4.13. The van der Waals surface area contributed by atoms with Gasteiger partial charge in [0.1, 0.15) is 11.8 Å². The van der Waals surface area contributed by atoms with Crippen LogP contribution in [0.1, 0.15) is 32.6 Å². The van der Waals surface area contributed by atoms with Gasteiger partial charge < -0.3 is 10.1 Å². The maximum Gasteiger partial charge on any atom is 0.243 e. The monoisotopic (exact) mass is 366 g/mol. The largest absolute Gasteiger partial charge is 0.497 e. The van der Waals surface area contributed by atoms with Gasteiger partial charge in [-0.15, -0.1) is 0 Å². The highest BCUT2D eigenvalue weighted by molar-refractivity contribution is 7.92. The highest BCUT2D eigenvalue weighted by Crippen LogP contribution is 2.24. The molecular formula is C18H26N2O4S. The number of methoxy groups -OCH3 is 1. The van der Waals surface area contributed by atoms with Gasteiger partial charge in [0.15, 0.2) is 0 Å². The summed E-state index contributed by atoms with van der Waals surface area (Å²) in [6.07, 6.45) is 7.62. The van der Waals surface area contributed by atoms with E-state index in [1.54, 1.807) is 38.3 Å². The van der Waals surface area contributed by atoms with Gasteiger partial charge in [-0.1, -0.05) is 11.6 Å². The second kappa shape index (κ2) is 8.38. The Bertz CT molecular complexity index is 726. The van der Waals surface area contributed by atoms with Crippen molar-refractivity contribution in [3.63, 3.8) is 0 Å². The van der Waals surface area contributed by atoms with Crippen molar-refractivity contribution in [3.8, 4) is 5.75 Å². The Balaban J connectivity index is 2.13.